The maximum atomic E-state index is 12.5. The van der Waals surface area contributed by atoms with Gasteiger partial charge in [0.1, 0.15) is 24.9 Å². The minimum absolute atomic E-state index is 0.00127. The number of hydrogen-bond donors (Lipinski definition) is 1. The van der Waals surface area contributed by atoms with Crippen molar-refractivity contribution in [3.63, 3.8) is 0 Å². The van der Waals surface area contributed by atoms with Gasteiger partial charge in [0.25, 0.3) is 0 Å². The van der Waals surface area contributed by atoms with Crippen molar-refractivity contribution >= 4 is 24.4 Å². The van der Waals surface area contributed by atoms with E-state index in [0.717, 1.165) is 0 Å². The zero-order chi connectivity index (χ0) is 28.7. The number of ether oxygens (including phenoxy) is 7. The molecule has 0 saturated carbocycles. The van der Waals surface area contributed by atoms with Crippen molar-refractivity contribution in [1.29, 1.82) is 0 Å². The molecule has 38 heavy (non-hydrogen) atoms. The molecule has 2 N–H and O–H groups in total. The molecule has 3 atom stereocenters. The average molecular weight is 542 g/mol. The van der Waals surface area contributed by atoms with Crippen molar-refractivity contribution in [2.75, 3.05) is 19.8 Å². The molecule has 0 radical (unpaired) electrons. The average Bonchev–Trinajstić information content (AvgIpc) is 2.86. The molecule has 1 aromatic carbocycles. The first-order valence-electron chi connectivity index (χ1n) is 12.6. The van der Waals surface area contributed by atoms with E-state index in [1.54, 1.807) is 13.8 Å². The van der Waals surface area contributed by atoms with Gasteiger partial charge in [0.05, 0.1) is 13.2 Å². The third-order valence-electron chi connectivity index (χ3n) is 4.98. The number of nitrogens with two attached hydrogens (primary N) is 1. The Morgan fingerprint density at radius 2 is 1.37 bits per heavy atom. The maximum Gasteiger partial charge on any atom is 0.513 e. The minimum atomic E-state index is -1.09. The summed E-state index contributed by atoms with van der Waals surface area (Å²) in [6.45, 7) is 10.8. The topological polar surface area (TPSA) is 159 Å². The van der Waals surface area contributed by atoms with Crippen molar-refractivity contribution in [2.24, 2.45) is 11.7 Å². The predicted molar refractivity (Wildman–Crippen MR) is 135 cm³/mol. The van der Waals surface area contributed by atoms with Gasteiger partial charge in [0, 0.05) is 0 Å². The highest BCUT2D eigenvalue weighted by Gasteiger charge is 2.22. The molecule has 0 aliphatic rings. The Morgan fingerprint density at radius 1 is 0.789 bits per heavy atom. The van der Waals surface area contributed by atoms with Crippen molar-refractivity contribution in [3.8, 4) is 11.5 Å². The highest BCUT2D eigenvalue weighted by molar-refractivity contribution is 5.76. The first kappa shape index (κ1) is 32.5. The maximum absolute atomic E-state index is 12.5. The summed E-state index contributed by atoms with van der Waals surface area (Å²) in [5.41, 5.74) is 6.48. The summed E-state index contributed by atoms with van der Waals surface area (Å²) in [4.78, 5) is 48.1. The van der Waals surface area contributed by atoms with Crippen LogP contribution in [0.25, 0.3) is 0 Å². The minimum Gasteiger partial charge on any atom is -0.458 e. The van der Waals surface area contributed by atoms with Crippen LogP contribution in [0.2, 0.25) is 0 Å². The summed E-state index contributed by atoms with van der Waals surface area (Å²) in [7, 11) is 0. The van der Waals surface area contributed by atoms with Crippen LogP contribution in [0.1, 0.15) is 59.9 Å². The number of rotatable bonds is 14. The standard InChI is InChI=1S/C26H39NO11/c1-7-11-32-24(29)37-21-10-9-19(14-22(21)38-25(30)33-12-8-2)13-20(27)23(28)35-17(5)15-34-26(31)36-18(6)16(3)4/h9-10,14,16-18,20H,7-8,11-13,15,27H2,1-6H3/t17-,18?,20-/m0/s1. The lowest BCUT2D eigenvalue weighted by Gasteiger charge is -2.19. The van der Waals surface area contributed by atoms with Gasteiger partial charge in [-0.3, -0.25) is 4.79 Å². The first-order valence-corrected chi connectivity index (χ1v) is 12.6. The number of hydrogen-bond acceptors (Lipinski definition) is 12. The SMILES string of the molecule is CCCOC(=O)Oc1ccc(C[C@H](N)C(=O)O[C@@H](C)COC(=O)OC(C)C(C)C)cc1OC(=O)OCCC. The van der Waals surface area contributed by atoms with Gasteiger partial charge in [0.2, 0.25) is 0 Å². The Kier molecular flexibility index (Phi) is 14.6. The van der Waals surface area contributed by atoms with E-state index in [4.69, 9.17) is 38.9 Å². The van der Waals surface area contributed by atoms with E-state index < -0.39 is 36.6 Å². The lowest BCUT2D eigenvalue weighted by Crippen LogP contribution is -2.37. The van der Waals surface area contributed by atoms with Crippen molar-refractivity contribution < 1.29 is 52.3 Å². The zero-order valence-corrected chi connectivity index (χ0v) is 22.9. The summed E-state index contributed by atoms with van der Waals surface area (Å²) in [5, 5.41) is 0. The molecular formula is C26H39NO11. The molecule has 0 aliphatic carbocycles. The second-order valence-corrected chi connectivity index (χ2v) is 8.87. The van der Waals surface area contributed by atoms with E-state index in [1.807, 2.05) is 27.7 Å². The molecule has 0 aromatic heterocycles. The summed E-state index contributed by atoms with van der Waals surface area (Å²) < 4.78 is 35.5. The summed E-state index contributed by atoms with van der Waals surface area (Å²) in [5.74, 6) is -0.810. The van der Waals surface area contributed by atoms with Gasteiger partial charge < -0.3 is 38.9 Å². The highest BCUT2D eigenvalue weighted by Crippen LogP contribution is 2.30. The second kappa shape index (κ2) is 17.1. The molecule has 214 valence electrons. The molecule has 1 rings (SSSR count). The van der Waals surface area contributed by atoms with Gasteiger partial charge >= 0.3 is 24.4 Å². The van der Waals surface area contributed by atoms with E-state index >= 15 is 0 Å². The summed E-state index contributed by atoms with van der Waals surface area (Å²) in [6.07, 6.45) is -2.73. The van der Waals surface area contributed by atoms with Gasteiger partial charge in [-0.25, -0.2) is 14.4 Å². The monoisotopic (exact) mass is 541 g/mol. The molecule has 0 aliphatic heterocycles. The molecule has 12 nitrogen and oxygen atoms in total. The van der Waals surface area contributed by atoms with Crippen molar-refractivity contribution in [3.05, 3.63) is 23.8 Å². The highest BCUT2D eigenvalue weighted by atomic mass is 16.7. The van der Waals surface area contributed by atoms with Gasteiger partial charge in [-0.2, -0.15) is 0 Å². The molecule has 12 heteroatoms. The Morgan fingerprint density at radius 3 is 1.92 bits per heavy atom. The van der Waals surface area contributed by atoms with E-state index in [-0.39, 0.29) is 49.8 Å². The van der Waals surface area contributed by atoms with Crippen molar-refractivity contribution in [1.82, 2.24) is 0 Å². The molecule has 0 amide bonds. The molecule has 0 spiro atoms. The molecule has 0 bridgehead atoms. The van der Waals surface area contributed by atoms with E-state index in [0.29, 0.717) is 18.4 Å². The Hall–Kier alpha value is -3.54. The van der Waals surface area contributed by atoms with Gasteiger partial charge in [0.15, 0.2) is 11.5 Å². The second-order valence-electron chi connectivity index (χ2n) is 8.87. The van der Waals surface area contributed by atoms with Crippen LogP contribution >= 0.6 is 0 Å². The van der Waals surface area contributed by atoms with Crippen LogP contribution in [0, 0.1) is 5.92 Å². The quantitative estimate of drug-likeness (QED) is 0.199. The number of benzene rings is 1. The molecule has 1 aromatic rings. The fourth-order valence-electron chi connectivity index (χ4n) is 2.62. The van der Waals surface area contributed by atoms with Gasteiger partial charge in [-0.15, -0.1) is 0 Å². The third kappa shape index (κ3) is 12.6. The first-order chi connectivity index (χ1) is 18.0. The van der Waals surface area contributed by atoms with E-state index in [9.17, 15) is 19.2 Å². The number of carbonyl (C=O) groups excluding carboxylic acids is 4. The molecular weight excluding hydrogens is 502 g/mol. The third-order valence-corrected chi connectivity index (χ3v) is 4.98. The van der Waals surface area contributed by atoms with Gasteiger partial charge in [-0.1, -0.05) is 33.8 Å². The Balaban J connectivity index is 2.78. The van der Waals surface area contributed by atoms with Gasteiger partial charge in [-0.05, 0) is 56.7 Å². The Bertz CT molecular complexity index is 918. The number of carbonyl (C=O) groups is 4. The van der Waals surface area contributed by atoms with Crippen LogP contribution < -0.4 is 15.2 Å². The largest absolute Gasteiger partial charge is 0.513 e. The normalized spacial score (nSPS) is 13.1. The summed E-state index contributed by atoms with van der Waals surface area (Å²) in [6, 6.07) is 3.22. The van der Waals surface area contributed by atoms with Crippen LogP contribution in [0.5, 0.6) is 11.5 Å². The van der Waals surface area contributed by atoms with Crippen LogP contribution in [-0.2, 0) is 34.9 Å². The smallest absolute Gasteiger partial charge is 0.458 e. The van der Waals surface area contributed by atoms with Crippen LogP contribution in [-0.4, -0.2) is 62.5 Å². The fourth-order valence-corrected chi connectivity index (χ4v) is 2.62. The summed E-state index contributed by atoms with van der Waals surface area (Å²) >= 11 is 0. The van der Waals surface area contributed by atoms with Crippen LogP contribution in [0.4, 0.5) is 14.4 Å². The molecule has 0 heterocycles. The van der Waals surface area contributed by atoms with E-state index in [1.165, 1.54) is 18.2 Å². The van der Waals surface area contributed by atoms with Crippen LogP contribution in [0.3, 0.4) is 0 Å². The lowest BCUT2D eigenvalue weighted by atomic mass is 10.1. The molecule has 0 saturated heterocycles. The zero-order valence-electron chi connectivity index (χ0n) is 22.9. The van der Waals surface area contributed by atoms with Crippen molar-refractivity contribution in [2.45, 2.75) is 79.1 Å². The fraction of sp³-hybridized carbons (Fsp3) is 0.615. The lowest BCUT2D eigenvalue weighted by molar-refractivity contribution is -0.152. The van der Waals surface area contributed by atoms with Crippen LogP contribution in [0.15, 0.2) is 18.2 Å². The Labute approximate surface area is 223 Å². The predicted octanol–water partition coefficient (Wildman–Crippen LogP) is 4.54. The van der Waals surface area contributed by atoms with E-state index in [2.05, 4.69) is 0 Å². The molecule has 0 fully saturated rings. The number of esters is 1. The molecule has 1 unspecified atom stereocenters.